The highest BCUT2D eigenvalue weighted by Crippen LogP contribution is 2.12. The van der Waals surface area contributed by atoms with Gasteiger partial charge in [0.2, 0.25) is 0 Å². The molecule has 0 aliphatic rings. The largest absolute Gasteiger partial charge is 0.342 e. The normalized spacial score (nSPS) is 10.7. The molecular formula is C14H20FNO. The lowest BCUT2D eigenvalue weighted by atomic mass is 10.1. The Morgan fingerprint density at radius 1 is 1.41 bits per heavy atom. The van der Waals surface area contributed by atoms with Gasteiger partial charge >= 0.3 is 0 Å². The van der Waals surface area contributed by atoms with E-state index in [1.54, 1.807) is 31.0 Å². The van der Waals surface area contributed by atoms with Crippen molar-refractivity contribution < 1.29 is 9.18 Å². The van der Waals surface area contributed by atoms with Crippen molar-refractivity contribution in [1.82, 2.24) is 4.90 Å². The lowest BCUT2D eigenvalue weighted by molar-refractivity contribution is 0.0784. The monoisotopic (exact) mass is 237 g/mol. The van der Waals surface area contributed by atoms with Gasteiger partial charge in [0.25, 0.3) is 5.91 Å². The molecule has 0 unspecified atom stereocenters. The van der Waals surface area contributed by atoms with E-state index in [2.05, 4.69) is 13.8 Å². The summed E-state index contributed by atoms with van der Waals surface area (Å²) in [6.45, 7) is 6.67. The lowest BCUT2D eigenvalue weighted by Gasteiger charge is -2.18. The van der Waals surface area contributed by atoms with E-state index in [1.807, 2.05) is 0 Å². The van der Waals surface area contributed by atoms with Crippen LogP contribution in [0.15, 0.2) is 18.2 Å². The molecule has 2 nitrogen and oxygen atoms in total. The topological polar surface area (TPSA) is 20.3 Å². The van der Waals surface area contributed by atoms with Crippen molar-refractivity contribution in [1.29, 1.82) is 0 Å². The maximum absolute atomic E-state index is 13.6. The van der Waals surface area contributed by atoms with E-state index in [4.69, 9.17) is 0 Å². The SMILES string of the molecule is Cc1ccc(C(=O)N(C)CCC(C)C)c(F)c1. The van der Waals surface area contributed by atoms with Crippen LogP contribution in [0.5, 0.6) is 0 Å². The second-order valence-corrected chi connectivity index (χ2v) is 4.89. The van der Waals surface area contributed by atoms with Gasteiger partial charge in [-0.15, -0.1) is 0 Å². The number of benzene rings is 1. The Labute approximate surface area is 102 Å². The van der Waals surface area contributed by atoms with Gasteiger partial charge in [-0.1, -0.05) is 19.9 Å². The third kappa shape index (κ3) is 3.84. The second-order valence-electron chi connectivity index (χ2n) is 4.89. The van der Waals surface area contributed by atoms with Crippen LogP contribution in [0.25, 0.3) is 0 Å². The van der Waals surface area contributed by atoms with Crippen LogP contribution < -0.4 is 0 Å². The first-order valence-electron chi connectivity index (χ1n) is 5.93. The minimum absolute atomic E-state index is 0.154. The number of halogens is 1. The molecular weight excluding hydrogens is 217 g/mol. The average molecular weight is 237 g/mol. The fourth-order valence-electron chi connectivity index (χ4n) is 1.55. The van der Waals surface area contributed by atoms with Gasteiger partial charge in [-0.3, -0.25) is 4.79 Å². The molecule has 1 amide bonds. The molecule has 3 heteroatoms. The smallest absolute Gasteiger partial charge is 0.256 e. The summed E-state index contributed by atoms with van der Waals surface area (Å²) in [7, 11) is 1.71. The first-order chi connectivity index (χ1) is 7.91. The van der Waals surface area contributed by atoms with Crippen molar-refractivity contribution in [2.45, 2.75) is 27.2 Å². The molecule has 0 heterocycles. The average Bonchev–Trinajstić information content (AvgIpc) is 2.25. The molecule has 1 aromatic carbocycles. The number of nitrogens with zero attached hydrogens (tertiary/aromatic N) is 1. The quantitative estimate of drug-likeness (QED) is 0.787. The summed E-state index contributed by atoms with van der Waals surface area (Å²) in [4.78, 5) is 13.6. The Bertz CT molecular complexity index is 401. The van der Waals surface area contributed by atoms with Gasteiger partial charge in [-0.25, -0.2) is 4.39 Å². The van der Waals surface area contributed by atoms with Crippen LogP contribution in [0.1, 0.15) is 36.2 Å². The van der Waals surface area contributed by atoms with Crippen molar-refractivity contribution in [2.75, 3.05) is 13.6 Å². The lowest BCUT2D eigenvalue weighted by Crippen LogP contribution is -2.29. The van der Waals surface area contributed by atoms with Crippen LogP contribution in [0, 0.1) is 18.7 Å². The van der Waals surface area contributed by atoms with Crippen LogP contribution >= 0.6 is 0 Å². The summed E-state index contributed by atoms with van der Waals surface area (Å²) in [6, 6.07) is 4.70. The fourth-order valence-corrected chi connectivity index (χ4v) is 1.55. The molecule has 17 heavy (non-hydrogen) atoms. The van der Waals surface area contributed by atoms with Gasteiger partial charge in [0.1, 0.15) is 5.82 Å². The van der Waals surface area contributed by atoms with Crippen molar-refractivity contribution in [3.05, 3.63) is 35.1 Å². The van der Waals surface area contributed by atoms with E-state index in [0.29, 0.717) is 12.5 Å². The molecule has 0 spiro atoms. The van der Waals surface area contributed by atoms with Gasteiger partial charge in [0.05, 0.1) is 5.56 Å². The molecule has 0 aliphatic carbocycles. The van der Waals surface area contributed by atoms with Crippen molar-refractivity contribution in [3.63, 3.8) is 0 Å². The summed E-state index contributed by atoms with van der Waals surface area (Å²) in [5.41, 5.74) is 0.978. The van der Waals surface area contributed by atoms with Gasteiger partial charge in [0.15, 0.2) is 0 Å². The number of carbonyl (C=O) groups excluding carboxylic acids is 1. The van der Waals surface area contributed by atoms with Gasteiger partial charge in [0, 0.05) is 13.6 Å². The third-order valence-electron chi connectivity index (χ3n) is 2.74. The van der Waals surface area contributed by atoms with E-state index in [1.165, 1.54) is 6.07 Å². The molecule has 0 N–H and O–H groups in total. The maximum Gasteiger partial charge on any atom is 0.256 e. The van der Waals surface area contributed by atoms with Gasteiger partial charge in [-0.05, 0) is 37.0 Å². The molecule has 0 fully saturated rings. The molecule has 0 atom stereocenters. The van der Waals surface area contributed by atoms with E-state index in [-0.39, 0.29) is 11.5 Å². The third-order valence-corrected chi connectivity index (χ3v) is 2.74. The van der Waals surface area contributed by atoms with E-state index in [9.17, 15) is 9.18 Å². The van der Waals surface area contributed by atoms with Gasteiger partial charge in [-0.2, -0.15) is 0 Å². The van der Waals surface area contributed by atoms with Crippen molar-refractivity contribution in [2.24, 2.45) is 5.92 Å². The predicted molar refractivity (Wildman–Crippen MR) is 67.6 cm³/mol. The van der Waals surface area contributed by atoms with Crippen molar-refractivity contribution >= 4 is 5.91 Å². The molecule has 0 saturated heterocycles. The van der Waals surface area contributed by atoms with Crippen LogP contribution in [0.2, 0.25) is 0 Å². The number of carbonyl (C=O) groups is 1. The number of amides is 1. The van der Waals surface area contributed by atoms with E-state index < -0.39 is 5.82 Å². The Morgan fingerprint density at radius 3 is 2.59 bits per heavy atom. The Hall–Kier alpha value is -1.38. The molecule has 0 aliphatic heterocycles. The number of rotatable bonds is 4. The summed E-state index contributed by atoms with van der Waals surface area (Å²) >= 11 is 0. The maximum atomic E-state index is 13.6. The zero-order valence-corrected chi connectivity index (χ0v) is 11.0. The van der Waals surface area contributed by atoms with E-state index >= 15 is 0 Å². The zero-order chi connectivity index (χ0) is 13.0. The molecule has 0 saturated carbocycles. The summed E-state index contributed by atoms with van der Waals surface area (Å²) in [6.07, 6.45) is 0.926. The number of aryl methyl sites for hydroxylation is 1. The molecule has 0 bridgehead atoms. The van der Waals surface area contributed by atoms with Crippen LogP contribution in [0.4, 0.5) is 4.39 Å². The summed E-state index contributed by atoms with van der Waals surface area (Å²) in [5, 5.41) is 0. The first kappa shape index (κ1) is 13.7. The summed E-state index contributed by atoms with van der Waals surface area (Å²) in [5.74, 6) is -0.150. The van der Waals surface area contributed by atoms with Crippen LogP contribution in [0.3, 0.4) is 0 Å². The summed E-state index contributed by atoms with van der Waals surface area (Å²) < 4.78 is 13.6. The molecule has 0 aromatic heterocycles. The number of hydrogen-bond donors (Lipinski definition) is 0. The predicted octanol–water partition coefficient (Wildman–Crippen LogP) is 3.25. The first-order valence-corrected chi connectivity index (χ1v) is 5.93. The van der Waals surface area contributed by atoms with Crippen molar-refractivity contribution in [3.8, 4) is 0 Å². The molecule has 1 rings (SSSR count). The van der Waals surface area contributed by atoms with Crippen LogP contribution in [-0.4, -0.2) is 24.4 Å². The number of hydrogen-bond acceptors (Lipinski definition) is 1. The Morgan fingerprint density at radius 2 is 2.06 bits per heavy atom. The van der Waals surface area contributed by atoms with Crippen LogP contribution in [-0.2, 0) is 0 Å². The zero-order valence-electron chi connectivity index (χ0n) is 11.0. The fraction of sp³-hybridized carbons (Fsp3) is 0.500. The highest BCUT2D eigenvalue weighted by atomic mass is 19.1. The highest BCUT2D eigenvalue weighted by molar-refractivity contribution is 5.94. The Balaban J connectivity index is 2.75. The standard InChI is InChI=1S/C14H20FNO/c1-10(2)7-8-16(4)14(17)12-6-5-11(3)9-13(12)15/h5-6,9-10H,7-8H2,1-4H3. The second kappa shape index (κ2) is 5.80. The van der Waals surface area contributed by atoms with E-state index in [0.717, 1.165) is 12.0 Å². The highest BCUT2D eigenvalue weighted by Gasteiger charge is 2.15. The molecule has 1 aromatic rings. The van der Waals surface area contributed by atoms with Gasteiger partial charge < -0.3 is 4.90 Å². The minimum Gasteiger partial charge on any atom is -0.342 e. The Kier molecular flexibility index (Phi) is 4.67. The molecule has 94 valence electrons. The minimum atomic E-state index is -0.439. The molecule has 0 radical (unpaired) electrons.